The molecule has 3 rings (SSSR count). The Labute approximate surface area is 212 Å². The highest BCUT2D eigenvalue weighted by Crippen LogP contribution is 2.22. The summed E-state index contributed by atoms with van der Waals surface area (Å²) in [5, 5.41) is 15.4. The lowest BCUT2D eigenvalue weighted by molar-refractivity contribution is -0.149. The number of nitrogens with zero attached hydrogens (tertiary/aromatic N) is 1. The molecule has 1 aromatic carbocycles. The van der Waals surface area contributed by atoms with Gasteiger partial charge in [0.05, 0.1) is 10.8 Å². The van der Waals surface area contributed by atoms with E-state index in [4.69, 9.17) is 0 Å². The maximum atomic E-state index is 13.0. The minimum Gasteiger partial charge on any atom is -0.478 e. The Morgan fingerprint density at radius 3 is 2.43 bits per heavy atom. The van der Waals surface area contributed by atoms with E-state index >= 15 is 0 Å². The highest BCUT2D eigenvalue weighted by atomic mass is 35.5. The number of sulfonamides is 1. The van der Waals surface area contributed by atoms with Crippen LogP contribution in [0, 0.1) is 11.8 Å². The van der Waals surface area contributed by atoms with Crippen molar-refractivity contribution < 1.29 is 27.9 Å². The Hall–Kier alpha value is -2.21. The first-order valence-corrected chi connectivity index (χ1v) is 13.2. The van der Waals surface area contributed by atoms with E-state index in [1.54, 1.807) is 11.0 Å². The smallest absolute Gasteiger partial charge is 0.345 e. The van der Waals surface area contributed by atoms with Gasteiger partial charge in [0, 0.05) is 19.5 Å². The van der Waals surface area contributed by atoms with Gasteiger partial charge >= 0.3 is 5.97 Å². The van der Waals surface area contributed by atoms with Gasteiger partial charge in [-0.15, -0.1) is 12.4 Å². The zero-order chi connectivity index (χ0) is 24.8. The number of hydrogen-bond acceptors (Lipinski definition) is 6. The summed E-state index contributed by atoms with van der Waals surface area (Å²) in [4.78, 5) is 39.2. The molecule has 0 aliphatic carbocycles. The molecule has 0 radical (unpaired) electrons. The number of benzene rings is 1. The van der Waals surface area contributed by atoms with E-state index in [1.165, 1.54) is 24.3 Å². The fraction of sp³-hybridized carbons (Fsp3) is 0.609. The van der Waals surface area contributed by atoms with Crippen LogP contribution >= 0.6 is 12.4 Å². The summed E-state index contributed by atoms with van der Waals surface area (Å²) in [6.07, 6.45) is 4.49. The van der Waals surface area contributed by atoms with Crippen LogP contribution in [0.15, 0.2) is 35.2 Å². The number of aliphatic carboxylic acids is 1. The van der Waals surface area contributed by atoms with Gasteiger partial charge in [-0.2, -0.15) is 4.72 Å². The lowest BCUT2D eigenvalue weighted by Crippen LogP contribution is -2.65. The quantitative estimate of drug-likeness (QED) is 0.352. The number of carboxylic acid groups (broad SMARTS) is 1. The van der Waals surface area contributed by atoms with Gasteiger partial charge in [-0.3, -0.25) is 9.59 Å². The highest BCUT2D eigenvalue weighted by molar-refractivity contribution is 7.89. The number of nitrogens with one attached hydrogen (secondary N) is 3. The van der Waals surface area contributed by atoms with Crippen LogP contribution in [0.5, 0.6) is 0 Å². The van der Waals surface area contributed by atoms with Crippen molar-refractivity contribution in [3.8, 4) is 0 Å². The first-order chi connectivity index (χ1) is 16.1. The second-order valence-corrected chi connectivity index (χ2v) is 10.9. The van der Waals surface area contributed by atoms with Crippen molar-refractivity contribution in [2.45, 2.75) is 56.0 Å². The maximum absolute atomic E-state index is 13.0. The Balaban J connectivity index is 0.00000432. The minimum absolute atomic E-state index is 0. The first-order valence-electron chi connectivity index (χ1n) is 11.7. The number of hydrogen-bond donors (Lipinski definition) is 4. The van der Waals surface area contributed by atoms with E-state index in [0.29, 0.717) is 31.7 Å². The largest absolute Gasteiger partial charge is 0.478 e. The van der Waals surface area contributed by atoms with Crippen LogP contribution in [-0.2, 0) is 24.4 Å². The molecule has 2 amide bonds. The zero-order valence-corrected chi connectivity index (χ0v) is 21.5. The summed E-state index contributed by atoms with van der Waals surface area (Å²) in [7, 11) is -4.20. The number of rotatable bonds is 9. The first kappa shape index (κ1) is 29.0. The van der Waals surface area contributed by atoms with Crippen molar-refractivity contribution in [1.82, 2.24) is 20.3 Å². The monoisotopic (exact) mass is 530 g/mol. The molecule has 0 bridgehead atoms. The molecule has 1 aromatic rings. The van der Waals surface area contributed by atoms with Gasteiger partial charge in [-0.1, -0.05) is 18.2 Å². The molecule has 2 atom stereocenters. The molecule has 196 valence electrons. The number of halogens is 1. The maximum Gasteiger partial charge on any atom is 0.345 e. The number of carbonyl (C=O) groups is 3. The van der Waals surface area contributed by atoms with Crippen LogP contribution in [0.1, 0.15) is 45.4 Å². The van der Waals surface area contributed by atoms with Crippen LogP contribution in [0.2, 0.25) is 0 Å². The van der Waals surface area contributed by atoms with Gasteiger partial charge in [0.25, 0.3) is 0 Å². The fourth-order valence-electron chi connectivity index (χ4n) is 4.47. The van der Waals surface area contributed by atoms with Gasteiger partial charge in [0.15, 0.2) is 0 Å². The topological polar surface area (TPSA) is 145 Å². The number of carboxylic acids is 1. The highest BCUT2D eigenvalue weighted by Gasteiger charge is 2.41. The van der Waals surface area contributed by atoms with E-state index in [-0.39, 0.29) is 29.8 Å². The van der Waals surface area contributed by atoms with Gasteiger partial charge in [0.2, 0.25) is 27.5 Å². The third-order valence-electron chi connectivity index (χ3n) is 6.56. The Morgan fingerprint density at radius 2 is 1.80 bits per heavy atom. The van der Waals surface area contributed by atoms with Gasteiger partial charge in [-0.25, -0.2) is 13.2 Å². The number of piperidine rings is 2. The van der Waals surface area contributed by atoms with Gasteiger partial charge < -0.3 is 20.6 Å². The predicted molar refractivity (Wildman–Crippen MR) is 132 cm³/mol. The summed E-state index contributed by atoms with van der Waals surface area (Å²) in [5.74, 6) is -2.22. The van der Waals surface area contributed by atoms with Crippen molar-refractivity contribution in [3.05, 3.63) is 30.3 Å². The molecule has 12 heteroatoms. The molecule has 0 unspecified atom stereocenters. The molecule has 2 heterocycles. The van der Waals surface area contributed by atoms with E-state index < -0.39 is 33.5 Å². The van der Waals surface area contributed by atoms with Gasteiger partial charge in [-0.05, 0) is 70.2 Å². The average molecular weight is 531 g/mol. The minimum atomic E-state index is -4.20. The van der Waals surface area contributed by atoms with Crippen molar-refractivity contribution in [2.24, 2.45) is 11.8 Å². The predicted octanol–water partition coefficient (Wildman–Crippen LogP) is 1.32. The normalized spacial score (nSPS) is 20.8. The van der Waals surface area contributed by atoms with E-state index in [0.717, 1.165) is 39.3 Å². The van der Waals surface area contributed by atoms with Crippen LogP contribution in [0.25, 0.3) is 0 Å². The molecule has 4 N–H and O–H groups in total. The lowest BCUT2D eigenvalue weighted by Gasteiger charge is -2.35. The van der Waals surface area contributed by atoms with Crippen molar-refractivity contribution >= 4 is 40.2 Å². The van der Waals surface area contributed by atoms with Crippen LogP contribution in [0.3, 0.4) is 0 Å². The molecule has 2 fully saturated rings. The molecule has 2 saturated heterocycles. The Morgan fingerprint density at radius 1 is 1.14 bits per heavy atom. The zero-order valence-electron chi connectivity index (χ0n) is 19.9. The second kappa shape index (κ2) is 12.7. The molecule has 0 aromatic heterocycles. The number of amides is 2. The van der Waals surface area contributed by atoms with E-state index in [1.807, 2.05) is 0 Å². The SMILES string of the molecule is C[C@@](NC(=O)[C@@H]1CCCN(C(=O)CCC2CCNCC2)C1)(NS(=O)(=O)c1ccccc1)C(=O)O.Cl. The van der Waals surface area contributed by atoms with Crippen molar-refractivity contribution in [1.29, 1.82) is 0 Å². The summed E-state index contributed by atoms with van der Waals surface area (Å²) in [6.45, 7) is 3.80. The number of carbonyl (C=O) groups excluding carboxylic acids is 2. The average Bonchev–Trinajstić information content (AvgIpc) is 2.83. The molecule has 0 spiro atoms. The molecular formula is C23H35ClN4O6S. The summed E-state index contributed by atoms with van der Waals surface area (Å²) in [5.41, 5.74) is -2.24. The van der Waals surface area contributed by atoms with E-state index in [9.17, 15) is 27.9 Å². The van der Waals surface area contributed by atoms with Crippen LogP contribution < -0.4 is 15.4 Å². The summed E-state index contributed by atoms with van der Waals surface area (Å²) < 4.78 is 27.4. The second-order valence-electron chi connectivity index (χ2n) is 9.25. The summed E-state index contributed by atoms with van der Waals surface area (Å²) in [6, 6.07) is 7.34. The molecular weight excluding hydrogens is 496 g/mol. The Bertz CT molecular complexity index is 987. The third kappa shape index (κ3) is 7.89. The standard InChI is InChI=1S/C23H34N4O6S.ClH/c1-23(22(30)31,26-34(32,33)19-7-3-2-4-8-19)25-21(29)18-6-5-15-27(16-18)20(28)10-9-17-11-13-24-14-12-17;/h2-4,7-8,17-18,24,26H,5-6,9-16H2,1H3,(H,25,29)(H,30,31);1H/t18-,23-;/m1./s1. The molecule has 0 saturated carbocycles. The molecule has 35 heavy (non-hydrogen) atoms. The van der Waals surface area contributed by atoms with Crippen molar-refractivity contribution in [2.75, 3.05) is 26.2 Å². The third-order valence-corrected chi connectivity index (χ3v) is 8.13. The lowest BCUT2D eigenvalue weighted by atomic mass is 9.92. The molecule has 2 aliphatic rings. The van der Waals surface area contributed by atoms with Crippen LogP contribution in [-0.4, -0.2) is 68.0 Å². The molecule has 10 nitrogen and oxygen atoms in total. The van der Waals surface area contributed by atoms with Crippen molar-refractivity contribution in [3.63, 3.8) is 0 Å². The van der Waals surface area contributed by atoms with Crippen LogP contribution in [0.4, 0.5) is 0 Å². The molecule has 2 aliphatic heterocycles. The van der Waals surface area contributed by atoms with E-state index in [2.05, 4.69) is 15.4 Å². The number of likely N-dealkylation sites (tertiary alicyclic amines) is 1. The Kier molecular flexibility index (Phi) is 10.5. The fourth-order valence-corrected chi connectivity index (χ4v) is 5.78. The summed E-state index contributed by atoms with van der Waals surface area (Å²) >= 11 is 0. The van der Waals surface area contributed by atoms with Gasteiger partial charge in [0.1, 0.15) is 0 Å².